The molecule has 0 N–H and O–H groups in total. The van der Waals surface area contributed by atoms with Crippen LogP contribution in [0.2, 0.25) is 0 Å². The predicted octanol–water partition coefficient (Wildman–Crippen LogP) is 9.79. The molecule has 5 aromatic rings. The topological polar surface area (TPSA) is 18.5 Å². The van der Waals surface area contributed by atoms with Crippen LogP contribution in [0.5, 0.6) is 11.5 Å². The maximum absolute atomic E-state index is 7.38. The van der Waals surface area contributed by atoms with E-state index in [1.807, 2.05) is 12.1 Å². The third kappa shape index (κ3) is 3.47. The Hall–Kier alpha value is -3.82. The van der Waals surface area contributed by atoms with Gasteiger partial charge in [0.15, 0.2) is 5.60 Å². The third-order valence-electron chi connectivity index (χ3n) is 9.59. The molecule has 0 saturated heterocycles. The van der Waals surface area contributed by atoms with E-state index in [0.717, 1.165) is 33.7 Å². The molecular formula is C37H34O2S. The predicted molar refractivity (Wildman–Crippen MR) is 168 cm³/mol. The van der Waals surface area contributed by atoms with Gasteiger partial charge in [-0.15, -0.1) is 11.3 Å². The standard InChI is InChI=1S/C37H34O2S/c1-35(2)23-24-11-6-7-12-27(24)32-28-13-8-9-14-29(28)34-30(33(32)36(35,3)4)20-21-37(39-34,31-15-10-22-40-31)25-16-18-26(38-5)19-17-25/h6-22H,23H2,1-5H3. The lowest BCUT2D eigenvalue weighted by molar-refractivity contribution is 0.164. The summed E-state index contributed by atoms with van der Waals surface area (Å²) < 4.78 is 12.9. The Kier molecular flexibility index (Phi) is 5.56. The van der Waals surface area contributed by atoms with Gasteiger partial charge in [0.2, 0.25) is 0 Å². The average Bonchev–Trinajstić information content (AvgIpc) is 3.50. The highest BCUT2D eigenvalue weighted by Gasteiger charge is 2.47. The lowest BCUT2D eigenvalue weighted by Crippen LogP contribution is -2.39. The van der Waals surface area contributed by atoms with Gasteiger partial charge in [0.1, 0.15) is 11.5 Å². The van der Waals surface area contributed by atoms with Crippen LogP contribution in [0.15, 0.2) is 96.4 Å². The smallest absolute Gasteiger partial charge is 0.187 e. The van der Waals surface area contributed by atoms with E-state index in [0.29, 0.717) is 0 Å². The van der Waals surface area contributed by atoms with Crippen LogP contribution in [0.3, 0.4) is 0 Å². The quantitative estimate of drug-likeness (QED) is 0.226. The Labute approximate surface area is 240 Å². The highest BCUT2D eigenvalue weighted by atomic mass is 32.1. The second kappa shape index (κ2) is 8.84. The number of ether oxygens (including phenoxy) is 2. The fraction of sp³-hybridized carbons (Fsp3) is 0.243. The Morgan fingerprint density at radius 1 is 0.800 bits per heavy atom. The van der Waals surface area contributed by atoms with Crippen molar-refractivity contribution in [2.45, 2.75) is 45.1 Å². The van der Waals surface area contributed by atoms with Gasteiger partial charge in [0.05, 0.1) is 12.0 Å². The summed E-state index contributed by atoms with van der Waals surface area (Å²) in [6, 6.07) is 30.4. The number of methoxy groups -OCH3 is 1. The van der Waals surface area contributed by atoms with E-state index in [-0.39, 0.29) is 10.8 Å². The summed E-state index contributed by atoms with van der Waals surface area (Å²) in [6.45, 7) is 9.68. The Morgan fingerprint density at radius 3 is 2.25 bits per heavy atom. The zero-order chi connectivity index (χ0) is 27.7. The van der Waals surface area contributed by atoms with E-state index in [1.54, 1.807) is 18.4 Å². The molecule has 1 unspecified atom stereocenters. The summed E-state index contributed by atoms with van der Waals surface area (Å²) in [4.78, 5) is 1.16. The lowest BCUT2D eigenvalue weighted by Gasteiger charge is -2.44. The summed E-state index contributed by atoms with van der Waals surface area (Å²) in [6.07, 6.45) is 5.64. The molecule has 7 rings (SSSR count). The van der Waals surface area contributed by atoms with Crippen LogP contribution >= 0.6 is 11.3 Å². The van der Waals surface area contributed by atoms with E-state index in [4.69, 9.17) is 9.47 Å². The van der Waals surface area contributed by atoms with Crippen molar-refractivity contribution in [3.8, 4) is 22.6 Å². The summed E-state index contributed by atoms with van der Waals surface area (Å²) in [5.74, 6) is 1.80. The first kappa shape index (κ1) is 25.2. The van der Waals surface area contributed by atoms with Gasteiger partial charge in [-0.3, -0.25) is 0 Å². The Morgan fingerprint density at radius 2 is 1.52 bits per heavy atom. The largest absolute Gasteiger partial charge is 0.497 e. The molecule has 0 amide bonds. The first-order chi connectivity index (χ1) is 19.3. The summed E-state index contributed by atoms with van der Waals surface area (Å²) in [5, 5.41) is 4.53. The molecule has 4 aromatic carbocycles. The molecule has 1 aromatic heterocycles. The second-order valence-electron chi connectivity index (χ2n) is 12.3. The number of benzene rings is 4. The van der Waals surface area contributed by atoms with Crippen LogP contribution in [0.1, 0.15) is 54.8 Å². The minimum absolute atomic E-state index is 0.0245. The first-order valence-electron chi connectivity index (χ1n) is 14.0. The molecule has 1 aliphatic heterocycles. The van der Waals surface area contributed by atoms with Crippen molar-refractivity contribution in [2.24, 2.45) is 5.41 Å². The first-order valence-corrected chi connectivity index (χ1v) is 14.9. The van der Waals surface area contributed by atoms with Gasteiger partial charge in [-0.05, 0) is 74.5 Å². The molecule has 1 aliphatic carbocycles. The van der Waals surface area contributed by atoms with Crippen molar-refractivity contribution in [3.05, 3.63) is 124 Å². The maximum Gasteiger partial charge on any atom is 0.187 e. The van der Waals surface area contributed by atoms with Crippen LogP contribution < -0.4 is 9.47 Å². The van der Waals surface area contributed by atoms with E-state index in [1.165, 1.54) is 33.2 Å². The molecule has 0 fully saturated rings. The molecule has 0 spiro atoms. The number of hydrogen-bond acceptors (Lipinski definition) is 3. The normalized spacial score (nSPS) is 20.1. The molecule has 2 nitrogen and oxygen atoms in total. The fourth-order valence-electron chi connectivity index (χ4n) is 6.73. The maximum atomic E-state index is 7.38. The van der Waals surface area contributed by atoms with Crippen molar-refractivity contribution in [2.75, 3.05) is 7.11 Å². The zero-order valence-electron chi connectivity index (χ0n) is 23.7. The van der Waals surface area contributed by atoms with Gasteiger partial charge >= 0.3 is 0 Å². The summed E-state index contributed by atoms with van der Waals surface area (Å²) in [5.41, 5.74) is 6.94. The van der Waals surface area contributed by atoms with Crippen LogP contribution in [-0.2, 0) is 17.4 Å². The fourth-order valence-corrected chi connectivity index (χ4v) is 7.60. The van der Waals surface area contributed by atoms with Gasteiger partial charge in [-0.2, -0.15) is 0 Å². The van der Waals surface area contributed by atoms with E-state index in [2.05, 4.69) is 118 Å². The monoisotopic (exact) mass is 542 g/mol. The number of thiophene rings is 1. The third-order valence-corrected chi connectivity index (χ3v) is 10.6. The molecule has 0 saturated carbocycles. The van der Waals surface area contributed by atoms with Crippen LogP contribution in [0, 0.1) is 5.41 Å². The molecule has 2 heterocycles. The van der Waals surface area contributed by atoms with Gasteiger partial charge in [0, 0.05) is 16.5 Å². The van der Waals surface area contributed by atoms with Gasteiger partial charge in [-0.25, -0.2) is 0 Å². The Balaban J connectivity index is 1.58. The van der Waals surface area contributed by atoms with Gasteiger partial charge in [-0.1, -0.05) is 101 Å². The SMILES string of the molecule is COc1ccc(C2(c3cccs3)C=Cc3c4c(c5ccccc5c3O2)-c2ccccc2CC(C)(C)C4(C)C)cc1. The van der Waals surface area contributed by atoms with Gasteiger partial charge in [0.25, 0.3) is 0 Å². The van der Waals surface area contributed by atoms with Crippen molar-refractivity contribution >= 4 is 28.2 Å². The number of fused-ring (bicyclic) bond motifs is 8. The average molecular weight is 543 g/mol. The summed E-state index contributed by atoms with van der Waals surface area (Å²) in [7, 11) is 1.70. The Bertz CT molecular complexity index is 1770. The number of hydrogen-bond donors (Lipinski definition) is 0. The van der Waals surface area contributed by atoms with Crippen LogP contribution in [0.4, 0.5) is 0 Å². The molecule has 0 radical (unpaired) electrons. The van der Waals surface area contributed by atoms with E-state index < -0.39 is 5.60 Å². The molecular weight excluding hydrogens is 508 g/mol. The molecule has 3 heteroatoms. The van der Waals surface area contributed by atoms with Crippen molar-refractivity contribution in [1.29, 1.82) is 0 Å². The van der Waals surface area contributed by atoms with Crippen molar-refractivity contribution < 1.29 is 9.47 Å². The molecule has 0 bridgehead atoms. The summed E-state index contributed by atoms with van der Waals surface area (Å²) >= 11 is 1.73. The lowest BCUT2D eigenvalue weighted by atomic mass is 9.61. The van der Waals surface area contributed by atoms with Crippen molar-refractivity contribution in [3.63, 3.8) is 0 Å². The molecule has 40 heavy (non-hydrogen) atoms. The van der Waals surface area contributed by atoms with Crippen LogP contribution in [-0.4, -0.2) is 7.11 Å². The number of rotatable bonds is 3. The highest BCUT2D eigenvalue weighted by molar-refractivity contribution is 7.10. The second-order valence-corrected chi connectivity index (χ2v) is 13.2. The molecule has 1 atom stereocenters. The molecule has 2 aliphatic rings. The van der Waals surface area contributed by atoms with Gasteiger partial charge < -0.3 is 9.47 Å². The van der Waals surface area contributed by atoms with E-state index in [9.17, 15) is 0 Å². The zero-order valence-corrected chi connectivity index (χ0v) is 24.6. The van der Waals surface area contributed by atoms with E-state index >= 15 is 0 Å². The van der Waals surface area contributed by atoms with Crippen molar-refractivity contribution in [1.82, 2.24) is 0 Å². The molecule has 200 valence electrons. The minimum Gasteiger partial charge on any atom is -0.497 e. The highest BCUT2D eigenvalue weighted by Crippen LogP contribution is 2.58. The van der Waals surface area contributed by atoms with Crippen LogP contribution in [0.25, 0.3) is 28.0 Å². The minimum atomic E-state index is -0.729.